The van der Waals surface area contributed by atoms with Crippen LogP contribution in [-0.2, 0) is 9.47 Å². The zero-order valence-electron chi connectivity index (χ0n) is 16.1. The quantitative estimate of drug-likeness (QED) is 0.601. The van der Waals surface area contributed by atoms with Gasteiger partial charge < -0.3 is 24.6 Å². The van der Waals surface area contributed by atoms with Gasteiger partial charge in [0.05, 0.1) is 19.3 Å². The van der Waals surface area contributed by atoms with Crippen molar-refractivity contribution in [3.63, 3.8) is 0 Å². The molecule has 1 N–H and O–H groups in total. The average Bonchev–Trinajstić information content (AvgIpc) is 3.16. The summed E-state index contributed by atoms with van der Waals surface area (Å²) in [6.07, 6.45) is 5.44. The normalized spacial score (nSPS) is 32.2. The monoisotopic (exact) mass is 352 g/mol. The maximum Gasteiger partial charge on any atom is 0.194 e. The lowest BCUT2D eigenvalue weighted by Gasteiger charge is -2.37. The smallest absolute Gasteiger partial charge is 0.194 e. The first-order chi connectivity index (χ1) is 12.3. The van der Waals surface area contributed by atoms with Crippen LogP contribution >= 0.6 is 0 Å². The van der Waals surface area contributed by atoms with Crippen LogP contribution in [-0.4, -0.2) is 87.0 Å². The van der Waals surface area contributed by atoms with Crippen LogP contribution in [0.25, 0.3) is 0 Å². The first kappa shape index (κ1) is 18.9. The Kier molecular flexibility index (Phi) is 7.37. The van der Waals surface area contributed by atoms with Gasteiger partial charge in [-0.15, -0.1) is 0 Å². The summed E-state index contributed by atoms with van der Waals surface area (Å²) in [4.78, 5) is 9.84. The van der Waals surface area contributed by atoms with E-state index in [1.807, 2.05) is 0 Å². The number of aliphatic imine (C=N–C) groups is 1. The van der Waals surface area contributed by atoms with Crippen LogP contribution in [0.2, 0.25) is 0 Å². The fraction of sp³-hybridized carbons (Fsp3) is 0.947. The minimum Gasteiger partial charge on any atom is -0.375 e. The molecule has 0 saturated carbocycles. The minimum absolute atomic E-state index is 0.183. The standard InChI is InChI=1S/C19H36N4O2/c1-3-20-19(21-8-10-22-9-4-6-16(2)14-22)23-11-13-25-18(15-23)17-7-5-12-24-17/h16-18H,3-15H2,1-2H3,(H,20,21). The molecule has 3 unspecified atom stereocenters. The van der Waals surface area contributed by atoms with Crippen LogP contribution in [0.3, 0.4) is 0 Å². The van der Waals surface area contributed by atoms with Gasteiger partial charge in [-0.25, -0.2) is 0 Å². The van der Waals surface area contributed by atoms with E-state index in [1.165, 1.54) is 25.9 Å². The predicted molar refractivity (Wildman–Crippen MR) is 101 cm³/mol. The van der Waals surface area contributed by atoms with E-state index >= 15 is 0 Å². The SMILES string of the molecule is CCNC(=NCCN1CCCC(C)C1)N1CCOC(C2CCCO2)C1. The Balaban J connectivity index is 1.51. The number of nitrogens with zero attached hydrogens (tertiary/aromatic N) is 3. The van der Waals surface area contributed by atoms with E-state index in [4.69, 9.17) is 14.5 Å². The van der Waals surface area contributed by atoms with E-state index < -0.39 is 0 Å². The van der Waals surface area contributed by atoms with E-state index in [0.717, 1.165) is 70.7 Å². The summed E-state index contributed by atoms with van der Waals surface area (Å²) in [5, 5.41) is 3.47. The summed E-state index contributed by atoms with van der Waals surface area (Å²) in [7, 11) is 0. The Morgan fingerprint density at radius 2 is 1.96 bits per heavy atom. The first-order valence-electron chi connectivity index (χ1n) is 10.2. The molecule has 0 aromatic heterocycles. The maximum atomic E-state index is 5.97. The second-order valence-electron chi connectivity index (χ2n) is 7.69. The van der Waals surface area contributed by atoms with Gasteiger partial charge in [0.15, 0.2) is 5.96 Å². The Bertz CT molecular complexity index is 426. The van der Waals surface area contributed by atoms with Crippen molar-refractivity contribution in [2.75, 3.05) is 59.0 Å². The maximum absolute atomic E-state index is 5.97. The molecule has 3 fully saturated rings. The molecular weight excluding hydrogens is 316 g/mol. The number of rotatable bonds is 5. The van der Waals surface area contributed by atoms with Crippen LogP contribution < -0.4 is 5.32 Å². The van der Waals surface area contributed by atoms with Crippen molar-refractivity contribution in [2.24, 2.45) is 10.9 Å². The molecule has 3 aliphatic heterocycles. The minimum atomic E-state index is 0.183. The van der Waals surface area contributed by atoms with Crippen molar-refractivity contribution < 1.29 is 9.47 Å². The van der Waals surface area contributed by atoms with Crippen LogP contribution in [0, 0.1) is 5.92 Å². The second kappa shape index (κ2) is 9.74. The van der Waals surface area contributed by atoms with Crippen molar-refractivity contribution in [3.05, 3.63) is 0 Å². The van der Waals surface area contributed by atoms with Gasteiger partial charge in [-0.1, -0.05) is 6.92 Å². The van der Waals surface area contributed by atoms with Crippen LogP contribution in [0.1, 0.15) is 39.5 Å². The molecule has 0 spiro atoms. The summed E-state index contributed by atoms with van der Waals surface area (Å²) in [6, 6.07) is 0. The molecule has 3 heterocycles. The van der Waals surface area contributed by atoms with Crippen LogP contribution in [0.15, 0.2) is 4.99 Å². The molecule has 0 radical (unpaired) electrons. The highest BCUT2D eigenvalue weighted by molar-refractivity contribution is 5.80. The van der Waals surface area contributed by atoms with E-state index in [-0.39, 0.29) is 12.2 Å². The molecule has 3 atom stereocenters. The molecule has 0 aromatic rings. The number of nitrogens with one attached hydrogen (secondary N) is 1. The van der Waals surface area contributed by atoms with E-state index in [2.05, 4.69) is 29.0 Å². The molecule has 144 valence electrons. The molecular formula is C19H36N4O2. The molecule has 3 saturated heterocycles. The van der Waals surface area contributed by atoms with E-state index in [9.17, 15) is 0 Å². The number of piperidine rings is 1. The lowest BCUT2D eigenvalue weighted by Crippen LogP contribution is -2.53. The predicted octanol–water partition coefficient (Wildman–Crippen LogP) is 1.56. The highest BCUT2D eigenvalue weighted by Gasteiger charge is 2.32. The summed E-state index contributed by atoms with van der Waals surface area (Å²) in [5.41, 5.74) is 0. The summed E-state index contributed by atoms with van der Waals surface area (Å²) in [5.74, 6) is 1.87. The van der Waals surface area contributed by atoms with Gasteiger partial charge in [0.1, 0.15) is 6.10 Å². The summed E-state index contributed by atoms with van der Waals surface area (Å²) >= 11 is 0. The fourth-order valence-electron chi connectivity index (χ4n) is 4.20. The molecule has 6 nitrogen and oxygen atoms in total. The van der Waals surface area contributed by atoms with Crippen LogP contribution in [0.4, 0.5) is 0 Å². The lowest BCUT2D eigenvalue weighted by molar-refractivity contribution is -0.0817. The molecule has 25 heavy (non-hydrogen) atoms. The number of ether oxygens (including phenoxy) is 2. The number of morpholine rings is 1. The number of hydrogen-bond acceptors (Lipinski definition) is 4. The zero-order valence-corrected chi connectivity index (χ0v) is 16.1. The van der Waals surface area contributed by atoms with Gasteiger partial charge in [0.25, 0.3) is 0 Å². The third-order valence-corrected chi connectivity index (χ3v) is 5.53. The van der Waals surface area contributed by atoms with Crippen molar-refractivity contribution >= 4 is 5.96 Å². The average molecular weight is 353 g/mol. The molecule has 0 bridgehead atoms. The van der Waals surface area contributed by atoms with Crippen molar-refractivity contribution in [2.45, 2.75) is 51.7 Å². The fourth-order valence-corrected chi connectivity index (χ4v) is 4.20. The molecule has 3 rings (SSSR count). The molecule has 0 aliphatic carbocycles. The van der Waals surface area contributed by atoms with Crippen molar-refractivity contribution in [3.8, 4) is 0 Å². The third-order valence-electron chi connectivity index (χ3n) is 5.53. The Labute approximate surface area is 152 Å². The number of hydrogen-bond donors (Lipinski definition) is 1. The largest absolute Gasteiger partial charge is 0.375 e. The molecule has 3 aliphatic rings. The number of likely N-dealkylation sites (tertiary alicyclic amines) is 1. The highest BCUT2D eigenvalue weighted by Crippen LogP contribution is 2.21. The number of guanidine groups is 1. The lowest BCUT2D eigenvalue weighted by atomic mass is 10.0. The highest BCUT2D eigenvalue weighted by atomic mass is 16.5. The van der Waals surface area contributed by atoms with Crippen LogP contribution in [0.5, 0.6) is 0 Å². The van der Waals surface area contributed by atoms with Gasteiger partial charge in [-0.2, -0.15) is 0 Å². The van der Waals surface area contributed by atoms with Gasteiger partial charge in [0, 0.05) is 39.3 Å². The van der Waals surface area contributed by atoms with Crippen molar-refractivity contribution in [1.82, 2.24) is 15.1 Å². The first-order valence-corrected chi connectivity index (χ1v) is 10.2. The Morgan fingerprint density at radius 1 is 1.08 bits per heavy atom. The van der Waals surface area contributed by atoms with Crippen molar-refractivity contribution in [1.29, 1.82) is 0 Å². The Morgan fingerprint density at radius 3 is 2.72 bits per heavy atom. The summed E-state index contributed by atoms with van der Waals surface area (Å²) in [6.45, 7) is 13.2. The second-order valence-corrected chi connectivity index (χ2v) is 7.69. The Hall–Kier alpha value is -0.850. The third kappa shape index (κ3) is 5.56. The molecule has 0 amide bonds. The van der Waals surface area contributed by atoms with Gasteiger partial charge in [-0.05, 0) is 45.1 Å². The zero-order chi connectivity index (χ0) is 17.5. The van der Waals surface area contributed by atoms with E-state index in [1.54, 1.807) is 0 Å². The van der Waals surface area contributed by atoms with Gasteiger partial charge in [0.2, 0.25) is 0 Å². The van der Waals surface area contributed by atoms with Gasteiger partial charge in [-0.3, -0.25) is 4.99 Å². The van der Waals surface area contributed by atoms with E-state index in [0.29, 0.717) is 0 Å². The molecule has 6 heteroatoms. The summed E-state index contributed by atoms with van der Waals surface area (Å²) < 4.78 is 11.8. The van der Waals surface area contributed by atoms with Gasteiger partial charge >= 0.3 is 0 Å². The molecule has 0 aromatic carbocycles. The topological polar surface area (TPSA) is 49.3 Å².